The lowest BCUT2D eigenvalue weighted by Crippen LogP contribution is -2.36. The van der Waals surface area contributed by atoms with Gasteiger partial charge in [-0.15, -0.1) is 18.5 Å². The van der Waals surface area contributed by atoms with Crippen LogP contribution in [0.3, 0.4) is 0 Å². The van der Waals surface area contributed by atoms with Crippen LogP contribution in [0.2, 0.25) is 0 Å². The summed E-state index contributed by atoms with van der Waals surface area (Å²) in [5.74, 6) is 1.50. The van der Waals surface area contributed by atoms with Gasteiger partial charge in [-0.05, 0) is 75.0 Å². The molecule has 148 valence electrons. The first kappa shape index (κ1) is 22.1. The fourth-order valence-corrected chi connectivity index (χ4v) is 6.95. The highest BCUT2D eigenvalue weighted by Gasteiger charge is 2.43. The molecule has 3 aliphatic carbocycles. The Labute approximate surface area is 160 Å². The van der Waals surface area contributed by atoms with Crippen LogP contribution in [0.15, 0.2) is 0 Å². The van der Waals surface area contributed by atoms with Gasteiger partial charge in [0.15, 0.2) is 0 Å². The molecule has 0 aromatic carbocycles. The summed E-state index contributed by atoms with van der Waals surface area (Å²) >= 11 is 0. The summed E-state index contributed by atoms with van der Waals surface area (Å²) < 4.78 is 0. The summed E-state index contributed by atoms with van der Waals surface area (Å²) in [5, 5.41) is 20.1. The number of hydrogen-bond acceptors (Lipinski definition) is 2. The van der Waals surface area contributed by atoms with E-state index in [4.69, 9.17) is 0 Å². The van der Waals surface area contributed by atoms with Crippen molar-refractivity contribution in [2.45, 2.75) is 114 Å². The molecule has 3 fully saturated rings. The van der Waals surface area contributed by atoms with Gasteiger partial charge in [0.1, 0.15) is 0 Å². The molecule has 0 saturated heterocycles. The molecule has 0 aliphatic heterocycles. The lowest BCUT2D eigenvalue weighted by Gasteiger charge is -2.45. The summed E-state index contributed by atoms with van der Waals surface area (Å²) in [5.41, 5.74) is 0.394. The lowest BCUT2D eigenvalue weighted by molar-refractivity contribution is 0.0219. The first-order chi connectivity index (χ1) is 11.8. The van der Waals surface area contributed by atoms with Gasteiger partial charge < -0.3 is 10.2 Å². The van der Waals surface area contributed by atoms with Crippen LogP contribution in [-0.2, 0) is 0 Å². The van der Waals surface area contributed by atoms with E-state index >= 15 is 0 Å². The Morgan fingerprint density at radius 1 is 0.680 bits per heavy atom. The van der Waals surface area contributed by atoms with Gasteiger partial charge in [-0.1, -0.05) is 46.0 Å². The largest absolute Gasteiger partial charge is 0.386 e. The molecular weight excluding hydrogens is 346 g/mol. The summed E-state index contributed by atoms with van der Waals surface area (Å²) in [4.78, 5) is 0. The Balaban J connectivity index is 0.00000109. The Kier molecular flexibility index (Phi) is 8.23. The number of rotatable bonds is 1. The monoisotopic (exact) mass is 388 g/mol. The molecular formula is C21H42O2P2. The third-order valence-corrected chi connectivity index (χ3v) is 8.07. The number of hydrogen-bond donors (Lipinski definition) is 2. The van der Waals surface area contributed by atoms with Gasteiger partial charge in [-0.3, -0.25) is 0 Å². The molecule has 25 heavy (non-hydrogen) atoms. The topological polar surface area (TPSA) is 40.5 Å². The Morgan fingerprint density at radius 3 is 1.92 bits per heavy atom. The fraction of sp³-hybridized carbons (Fsp3) is 1.00. The van der Waals surface area contributed by atoms with Gasteiger partial charge in [0.25, 0.3) is 0 Å². The van der Waals surface area contributed by atoms with Crippen LogP contribution in [0, 0.1) is 17.3 Å². The molecule has 0 heterocycles. The van der Waals surface area contributed by atoms with Gasteiger partial charge in [-0.2, -0.15) is 0 Å². The predicted octanol–water partition coefficient (Wildman–Crippen LogP) is 5.86. The summed E-state index contributed by atoms with van der Waals surface area (Å²) in [7, 11) is 5.46. The van der Waals surface area contributed by atoms with Crippen molar-refractivity contribution in [2.24, 2.45) is 17.3 Å². The van der Waals surface area contributed by atoms with Gasteiger partial charge in [0.05, 0.1) is 10.7 Å². The van der Waals surface area contributed by atoms with E-state index in [-0.39, 0.29) is 0 Å². The molecule has 1 spiro atoms. The molecule has 3 saturated carbocycles. The zero-order valence-electron chi connectivity index (χ0n) is 16.6. The first-order valence-electron chi connectivity index (χ1n) is 10.8. The van der Waals surface area contributed by atoms with Crippen molar-refractivity contribution >= 4 is 18.5 Å². The minimum Gasteiger partial charge on any atom is -0.386 e. The van der Waals surface area contributed by atoms with Crippen LogP contribution in [0.5, 0.6) is 0 Å². The zero-order chi connectivity index (χ0) is 18.6. The fourth-order valence-electron chi connectivity index (χ4n) is 5.81. The average Bonchev–Trinajstić information content (AvgIpc) is 2.83. The van der Waals surface area contributed by atoms with Gasteiger partial charge in [0.2, 0.25) is 0 Å². The summed E-state index contributed by atoms with van der Waals surface area (Å²) in [6.45, 7) is 4.00. The molecule has 2 N–H and O–H groups in total. The molecule has 4 heteroatoms. The maximum Gasteiger partial charge on any atom is 0.0783 e. The van der Waals surface area contributed by atoms with E-state index in [1.807, 2.05) is 13.8 Å². The van der Waals surface area contributed by atoms with Crippen LogP contribution in [0.4, 0.5) is 0 Å². The van der Waals surface area contributed by atoms with Crippen molar-refractivity contribution in [3.8, 4) is 0 Å². The van der Waals surface area contributed by atoms with Crippen molar-refractivity contribution in [1.82, 2.24) is 0 Å². The molecule has 0 radical (unpaired) electrons. The van der Waals surface area contributed by atoms with E-state index in [0.717, 1.165) is 31.6 Å². The van der Waals surface area contributed by atoms with Crippen molar-refractivity contribution in [2.75, 3.05) is 0 Å². The highest BCUT2D eigenvalue weighted by Crippen LogP contribution is 2.54. The molecule has 0 aromatic rings. The first-order valence-corrected chi connectivity index (χ1v) is 12.0. The maximum absolute atomic E-state index is 10.6. The second-order valence-corrected chi connectivity index (χ2v) is 11.3. The lowest BCUT2D eigenvalue weighted by atomic mass is 9.63. The van der Waals surface area contributed by atoms with Crippen LogP contribution < -0.4 is 0 Å². The van der Waals surface area contributed by atoms with Gasteiger partial charge >= 0.3 is 0 Å². The SMILES string of the molecule is CC.OC1(P)CCCCC(C2CCC3(CCCCC(O)(P)C3)CC2)C1. The van der Waals surface area contributed by atoms with Gasteiger partial charge in [0, 0.05) is 0 Å². The molecule has 0 amide bonds. The highest BCUT2D eigenvalue weighted by molar-refractivity contribution is 7.18. The smallest absolute Gasteiger partial charge is 0.0783 e. The van der Waals surface area contributed by atoms with Crippen LogP contribution in [0.1, 0.15) is 104 Å². The van der Waals surface area contributed by atoms with Crippen LogP contribution in [-0.4, -0.2) is 20.9 Å². The zero-order valence-corrected chi connectivity index (χ0v) is 18.9. The van der Waals surface area contributed by atoms with E-state index in [1.54, 1.807) is 0 Å². The molecule has 5 unspecified atom stereocenters. The van der Waals surface area contributed by atoms with E-state index in [2.05, 4.69) is 18.5 Å². The highest BCUT2D eigenvalue weighted by atomic mass is 31.0. The molecule has 3 aliphatic rings. The van der Waals surface area contributed by atoms with Crippen molar-refractivity contribution in [3.05, 3.63) is 0 Å². The Bertz CT molecular complexity index is 401. The summed E-state index contributed by atoms with van der Waals surface area (Å²) in [6.07, 6.45) is 16.6. The third kappa shape index (κ3) is 6.41. The normalized spacial score (nSPS) is 45.8. The second-order valence-electron chi connectivity index (χ2n) is 9.14. The Hall–Kier alpha value is 0.780. The van der Waals surface area contributed by atoms with E-state index in [0.29, 0.717) is 11.3 Å². The predicted molar refractivity (Wildman–Crippen MR) is 115 cm³/mol. The van der Waals surface area contributed by atoms with E-state index in [1.165, 1.54) is 64.2 Å². The summed E-state index contributed by atoms with van der Waals surface area (Å²) in [6, 6.07) is 0. The molecule has 0 aromatic heterocycles. The standard InChI is InChI=1S/C19H36O2P2.C2H6/c20-18(22)9-2-1-5-16(13-18)15-6-11-17(12-7-15)8-3-4-10-19(21,23)14-17;1-2/h15-16,20-21H,1-14,22-23H2;1-2H3. The number of aliphatic hydroxyl groups is 2. The molecule has 5 atom stereocenters. The molecule has 0 bridgehead atoms. The van der Waals surface area contributed by atoms with Crippen molar-refractivity contribution < 1.29 is 10.2 Å². The van der Waals surface area contributed by atoms with Crippen molar-refractivity contribution in [3.63, 3.8) is 0 Å². The van der Waals surface area contributed by atoms with E-state index < -0.39 is 10.7 Å². The Morgan fingerprint density at radius 2 is 1.24 bits per heavy atom. The minimum atomic E-state index is -0.522. The third-order valence-electron chi connectivity index (χ3n) is 7.06. The minimum absolute atomic E-state index is 0.394. The van der Waals surface area contributed by atoms with Crippen LogP contribution in [0.25, 0.3) is 0 Å². The van der Waals surface area contributed by atoms with Crippen molar-refractivity contribution in [1.29, 1.82) is 0 Å². The quantitative estimate of drug-likeness (QED) is 0.436. The average molecular weight is 389 g/mol. The molecule has 3 rings (SSSR count). The molecule has 2 nitrogen and oxygen atoms in total. The van der Waals surface area contributed by atoms with Gasteiger partial charge in [-0.25, -0.2) is 0 Å². The van der Waals surface area contributed by atoms with E-state index in [9.17, 15) is 10.2 Å². The maximum atomic E-state index is 10.6. The second kappa shape index (κ2) is 9.32. The van der Waals surface area contributed by atoms with Crippen LogP contribution >= 0.6 is 18.5 Å².